The number of Topliss-reactive ketones (excluding diaryl/α,β-unsaturated/α-hetero) is 1. The molecule has 0 bridgehead atoms. The van der Waals surface area contributed by atoms with Gasteiger partial charge in [0.2, 0.25) is 0 Å². The van der Waals surface area contributed by atoms with Crippen LogP contribution in [0.2, 0.25) is 0 Å². The van der Waals surface area contributed by atoms with E-state index in [0.717, 1.165) is 39.1 Å². The molecular formula is C14H14BrNO2S. The van der Waals surface area contributed by atoms with E-state index in [4.69, 9.17) is 0 Å². The molecule has 2 aliphatic rings. The van der Waals surface area contributed by atoms with Crippen molar-refractivity contribution in [2.75, 3.05) is 0 Å². The second-order valence-corrected chi connectivity index (χ2v) is 7.64. The van der Waals surface area contributed by atoms with E-state index in [9.17, 15) is 9.59 Å². The summed E-state index contributed by atoms with van der Waals surface area (Å²) in [5.41, 5.74) is 1.75. The molecule has 1 aliphatic heterocycles. The number of rotatable bonds is 1. The van der Waals surface area contributed by atoms with Gasteiger partial charge in [-0.1, -0.05) is 12.2 Å². The monoisotopic (exact) mass is 339 g/mol. The summed E-state index contributed by atoms with van der Waals surface area (Å²) in [6, 6.07) is 1.60. The maximum Gasteiger partial charge on any atom is 0.256 e. The minimum absolute atomic E-state index is 0.00260. The van der Waals surface area contributed by atoms with Gasteiger partial charge in [0.25, 0.3) is 5.91 Å². The lowest BCUT2D eigenvalue weighted by Gasteiger charge is -2.25. The summed E-state index contributed by atoms with van der Waals surface area (Å²) in [7, 11) is 0. The van der Waals surface area contributed by atoms with Crippen LogP contribution in [0, 0.1) is 0 Å². The molecule has 1 atom stereocenters. The number of fused-ring (bicyclic) bond motifs is 1. The molecule has 1 aromatic heterocycles. The zero-order chi connectivity index (χ0) is 13.6. The highest BCUT2D eigenvalue weighted by Crippen LogP contribution is 2.36. The fraction of sp³-hybridized carbons (Fsp3) is 0.429. The van der Waals surface area contributed by atoms with Crippen LogP contribution < -0.4 is 0 Å². The molecule has 0 spiro atoms. The van der Waals surface area contributed by atoms with Crippen LogP contribution in [0.3, 0.4) is 0 Å². The minimum atomic E-state index is -0.259. The van der Waals surface area contributed by atoms with Gasteiger partial charge < -0.3 is 4.90 Å². The Morgan fingerprint density at radius 2 is 2.21 bits per heavy atom. The van der Waals surface area contributed by atoms with E-state index in [-0.39, 0.29) is 17.7 Å². The molecule has 1 saturated carbocycles. The molecule has 100 valence electrons. The largest absolute Gasteiger partial charge is 0.323 e. The van der Waals surface area contributed by atoms with Crippen molar-refractivity contribution >= 4 is 39.0 Å². The fourth-order valence-corrected chi connectivity index (χ4v) is 4.50. The third kappa shape index (κ3) is 2.30. The van der Waals surface area contributed by atoms with Gasteiger partial charge in [-0.2, -0.15) is 0 Å². The molecule has 1 amide bonds. The van der Waals surface area contributed by atoms with Gasteiger partial charge in [0.15, 0.2) is 5.78 Å². The Kier molecular flexibility index (Phi) is 3.35. The fourth-order valence-electron chi connectivity index (χ4n) is 2.82. The summed E-state index contributed by atoms with van der Waals surface area (Å²) in [4.78, 5) is 27.4. The van der Waals surface area contributed by atoms with Crippen LogP contribution in [0.4, 0.5) is 0 Å². The Balaban J connectivity index is 1.84. The molecule has 19 heavy (non-hydrogen) atoms. The Hall–Kier alpha value is -0.940. The van der Waals surface area contributed by atoms with Gasteiger partial charge in [-0.25, -0.2) is 0 Å². The summed E-state index contributed by atoms with van der Waals surface area (Å²) < 4.78 is 0.978. The SMILES string of the molecule is C=C1CCCC(N2Cc3sc(Br)cc3C2=O)C(=O)C1. The second-order valence-electron chi connectivity index (χ2n) is 5.12. The van der Waals surface area contributed by atoms with E-state index >= 15 is 0 Å². The van der Waals surface area contributed by atoms with Crippen molar-refractivity contribution < 1.29 is 9.59 Å². The van der Waals surface area contributed by atoms with Gasteiger partial charge in [-0.05, 0) is 41.3 Å². The molecule has 1 fully saturated rings. The molecule has 3 rings (SSSR count). The average molecular weight is 340 g/mol. The van der Waals surface area contributed by atoms with Gasteiger partial charge in [0, 0.05) is 11.3 Å². The van der Waals surface area contributed by atoms with E-state index < -0.39 is 0 Å². The molecule has 0 radical (unpaired) electrons. The molecule has 5 heteroatoms. The summed E-state index contributed by atoms with van der Waals surface area (Å²) in [6.07, 6.45) is 3.03. The Bertz CT molecular complexity index is 578. The predicted molar refractivity (Wildman–Crippen MR) is 78.3 cm³/mol. The highest BCUT2D eigenvalue weighted by Gasteiger charge is 2.38. The lowest BCUT2D eigenvalue weighted by molar-refractivity contribution is -0.122. The van der Waals surface area contributed by atoms with E-state index in [1.807, 2.05) is 6.07 Å². The number of amides is 1. The lowest BCUT2D eigenvalue weighted by Crippen LogP contribution is -2.40. The van der Waals surface area contributed by atoms with Crippen LogP contribution in [0.1, 0.15) is 40.9 Å². The Morgan fingerprint density at radius 3 is 2.95 bits per heavy atom. The maximum absolute atomic E-state index is 12.4. The smallest absolute Gasteiger partial charge is 0.256 e. The molecule has 1 unspecified atom stereocenters. The third-order valence-electron chi connectivity index (χ3n) is 3.76. The first-order chi connectivity index (χ1) is 9.06. The van der Waals surface area contributed by atoms with Crippen molar-refractivity contribution in [1.29, 1.82) is 0 Å². The van der Waals surface area contributed by atoms with Crippen LogP contribution in [0.25, 0.3) is 0 Å². The number of hydrogen-bond acceptors (Lipinski definition) is 3. The molecule has 0 saturated heterocycles. The number of halogens is 1. The van der Waals surface area contributed by atoms with Gasteiger partial charge in [-0.3, -0.25) is 9.59 Å². The summed E-state index contributed by atoms with van der Waals surface area (Å²) in [5.74, 6) is 0.146. The van der Waals surface area contributed by atoms with Crippen molar-refractivity contribution in [3.8, 4) is 0 Å². The molecule has 3 nitrogen and oxygen atoms in total. The van der Waals surface area contributed by atoms with Crippen molar-refractivity contribution in [3.05, 3.63) is 32.4 Å². The van der Waals surface area contributed by atoms with Gasteiger partial charge in [-0.15, -0.1) is 11.3 Å². The van der Waals surface area contributed by atoms with Crippen molar-refractivity contribution in [2.24, 2.45) is 0 Å². The molecule has 1 aromatic rings. The summed E-state index contributed by atoms with van der Waals surface area (Å²) >= 11 is 4.98. The topological polar surface area (TPSA) is 37.4 Å². The third-order valence-corrected chi connectivity index (χ3v) is 5.39. The molecule has 1 aliphatic carbocycles. The molecule has 2 heterocycles. The van der Waals surface area contributed by atoms with Crippen LogP contribution >= 0.6 is 27.3 Å². The second kappa shape index (κ2) is 4.87. The van der Waals surface area contributed by atoms with Crippen LogP contribution in [0.15, 0.2) is 22.0 Å². The number of allylic oxidation sites excluding steroid dienone is 1. The van der Waals surface area contributed by atoms with E-state index in [0.29, 0.717) is 13.0 Å². The zero-order valence-corrected chi connectivity index (χ0v) is 12.8. The van der Waals surface area contributed by atoms with E-state index in [1.165, 1.54) is 0 Å². The van der Waals surface area contributed by atoms with Gasteiger partial charge in [0.05, 0.1) is 21.9 Å². The number of hydrogen-bond donors (Lipinski definition) is 0. The van der Waals surface area contributed by atoms with Gasteiger partial charge in [0.1, 0.15) is 0 Å². The van der Waals surface area contributed by atoms with Crippen LogP contribution in [0.5, 0.6) is 0 Å². The van der Waals surface area contributed by atoms with E-state index in [2.05, 4.69) is 22.5 Å². The van der Waals surface area contributed by atoms with Crippen LogP contribution in [-0.4, -0.2) is 22.6 Å². The van der Waals surface area contributed by atoms with Crippen molar-refractivity contribution in [3.63, 3.8) is 0 Å². The number of thiophene rings is 1. The first-order valence-electron chi connectivity index (χ1n) is 6.35. The first kappa shape index (κ1) is 13.1. The number of nitrogens with zero attached hydrogens (tertiary/aromatic N) is 1. The zero-order valence-electron chi connectivity index (χ0n) is 10.4. The van der Waals surface area contributed by atoms with E-state index in [1.54, 1.807) is 16.2 Å². The molecular weight excluding hydrogens is 326 g/mol. The summed E-state index contributed by atoms with van der Waals surface area (Å²) in [5, 5.41) is 0. The van der Waals surface area contributed by atoms with Gasteiger partial charge >= 0.3 is 0 Å². The Morgan fingerprint density at radius 1 is 1.42 bits per heavy atom. The average Bonchev–Trinajstić information content (AvgIpc) is 2.77. The Labute approximate surface area is 124 Å². The first-order valence-corrected chi connectivity index (χ1v) is 7.96. The van der Waals surface area contributed by atoms with Crippen molar-refractivity contribution in [2.45, 2.75) is 38.3 Å². The molecule has 0 aromatic carbocycles. The standard InChI is InChI=1S/C14H14BrNO2S/c1-8-3-2-4-10(11(17)5-8)16-7-12-9(14(16)18)6-13(15)19-12/h6,10H,1-5,7H2. The maximum atomic E-state index is 12.4. The van der Waals surface area contributed by atoms with Crippen LogP contribution in [-0.2, 0) is 11.3 Å². The minimum Gasteiger partial charge on any atom is -0.323 e. The normalized spacial score (nSPS) is 23.7. The number of carbonyl (C=O) groups excluding carboxylic acids is 2. The quantitative estimate of drug-likeness (QED) is 0.579. The summed E-state index contributed by atoms with van der Waals surface area (Å²) in [6.45, 7) is 4.49. The molecule has 0 N–H and O–H groups in total. The number of ketones is 1. The van der Waals surface area contributed by atoms with Crippen molar-refractivity contribution in [1.82, 2.24) is 4.90 Å². The number of carbonyl (C=O) groups is 2. The predicted octanol–water partition coefficient (Wildman–Crippen LogP) is 3.53. The highest BCUT2D eigenvalue weighted by molar-refractivity contribution is 9.11. The highest BCUT2D eigenvalue weighted by atomic mass is 79.9. The lowest BCUT2D eigenvalue weighted by atomic mass is 10.1.